The van der Waals surface area contributed by atoms with Crippen LogP contribution in [0, 0.1) is 11.8 Å². The standard InChI is InChI=1S/C17H25NO/c1-11(2)19-10-15(18-3)17-14-9-8-12-6-4-5-7-13(12)16(14)17/h4-7,11,14-18H,8-10H2,1-3H3. The molecule has 1 saturated carbocycles. The van der Waals surface area contributed by atoms with Gasteiger partial charge in [-0.25, -0.2) is 0 Å². The summed E-state index contributed by atoms with van der Waals surface area (Å²) in [5.74, 6) is 2.42. The number of likely N-dealkylation sites (N-methyl/N-ethyl adjacent to an activating group) is 1. The molecule has 4 unspecified atom stereocenters. The van der Waals surface area contributed by atoms with Crippen LogP contribution in [0.3, 0.4) is 0 Å². The Hall–Kier alpha value is -0.860. The van der Waals surface area contributed by atoms with Crippen LogP contribution in [-0.4, -0.2) is 25.8 Å². The summed E-state index contributed by atoms with van der Waals surface area (Å²) in [5.41, 5.74) is 3.18. The molecule has 2 aliphatic carbocycles. The van der Waals surface area contributed by atoms with E-state index >= 15 is 0 Å². The first kappa shape index (κ1) is 13.1. The molecule has 0 amide bonds. The first-order valence-corrected chi connectivity index (χ1v) is 7.59. The Morgan fingerprint density at radius 3 is 2.84 bits per heavy atom. The maximum Gasteiger partial charge on any atom is 0.0626 e. The van der Waals surface area contributed by atoms with Crippen LogP contribution in [0.15, 0.2) is 24.3 Å². The molecule has 2 heteroatoms. The molecule has 1 N–H and O–H groups in total. The maximum atomic E-state index is 5.83. The molecule has 0 aliphatic heterocycles. The summed E-state index contributed by atoms with van der Waals surface area (Å²) >= 11 is 0. The Morgan fingerprint density at radius 1 is 1.32 bits per heavy atom. The van der Waals surface area contributed by atoms with E-state index in [1.165, 1.54) is 12.8 Å². The van der Waals surface area contributed by atoms with Gasteiger partial charge in [0, 0.05) is 6.04 Å². The van der Waals surface area contributed by atoms with E-state index < -0.39 is 0 Å². The van der Waals surface area contributed by atoms with Crippen LogP contribution in [0.1, 0.15) is 37.3 Å². The molecule has 3 rings (SSSR count). The maximum absolute atomic E-state index is 5.83. The van der Waals surface area contributed by atoms with Gasteiger partial charge < -0.3 is 10.1 Å². The lowest BCUT2D eigenvalue weighted by molar-refractivity contribution is 0.0570. The number of ether oxygens (including phenoxy) is 1. The van der Waals surface area contributed by atoms with E-state index in [-0.39, 0.29) is 0 Å². The number of hydrogen-bond donors (Lipinski definition) is 1. The van der Waals surface area contributed by atoms with Crippen molar-refractivity contribution in [2.24, 2.45) is 11.8 Å². The van der Waals surface area contributed by atoms with Gasteiger partial charge in [0.1, 0.15) is 0 Å². The first-order valence-electron chi connectivity index (χ1n) is 7.59. The summed E-state index contributed by atoms with van der Waals surface area (Å²) in [4.78, 5) is 0. The summed E-state index contributed by atoms with van der Waals surface area (Å²) in [7, 11) is 2.07. The summed E-state index contributed by atoms with van der Waals surface area (Å²) in [6.45, 7) is 5.07. The van der Waals surface area contributed by atoms with Crippen molar-refractivity contribution in [3.63, 3.8) is 0 Å². The predicted octanol–water partition coefficient (Wildman–Crippen LogP) is 2.98. The largest absolute Gasteiger partial charge is 0.377 e. The van der Waals surface area contributed by atoms with Crippen LogP contribution in [0.2, 0.25) is 0 Å². The fraction of sp³-hybridized carbons (Fsp3) is 0.647. The highest BCUT2D eigenvalue weighted by Gasteiger charge is 2.55. The average molecular weight is 259 g/mol. The van der Waals surface area contributed by atoms with Crippen molar-refractivity contribution in [3.8, 4) is 0 Å². The molecule has 1 aromatic carbocycles. The third-order valence-electron chi connectivity index (χ3n) is 4.84. The number of benzene rings is 1. The minimum atomic E-state index is 0.323. The van der Waals surface area contributed by atoms with E-state index in [0.717, 1.165) is 24.4 Å². The highest BCUT2D eigenvalue weighted by molar-refractivity contribution is 5.40. The second kappa shape index (κ2) is 5.26. The number of nitrogens with one attached hydrogen (secondary N) is 1. The van der Waals surface area contributed by atoms with E-state index in [9.17, 15) is 0 Å². The fourth-order valence-electron chi connectivity index (χ4n) is 3.85. The second-order valence-corrected chi connectivity index (χ2v) is 6.28. The van der Waals surface area contributed by atoms with Gasteiger partial charge >= 0.3 is 0 Å². The molecule has 0 aromatic heterocycles. The van der Waals surface area contributed by atoms with Crippen LogP contribution in [0.4, 0.5) is 0 Å². The van der Waals surface area contributed by atoms with E-state index in [1.807, 2.05) is 0 Å². The monoisotopic (exact) mass is 259 g/mol. The normalized spacial score (nSPS) is 29.8. The lowest BCUT2D eigenvalue weighted by Crippen LogP contribution is -2.34. The summed E-state index contributed by atoms with van der Waals surface area (Å²) < 4.78 is 5.83. The van der Waals surface area contributed by atoms with Crippen molar-refractivity contribution in [1.29, 1.82) is 0 Å². The third kappa shape index (κ3) is 2.44. The van der Waals surface area contributed by atoms with Gasteiger partial charge in [0.15, 0.2) is 0 Å². The Morgan fingerprint density at radius 2 is 2.11 bits per heavy atom. The van der Waals surface area contributed by atoms with Gasteiger partial charge in [-0.05, 0) is 62.6 Å². The van der Waals surface area contributed by atoms with Gasteiger partial charge in [-0.3, -0.25) is 0 Å². The van der Waals surface area contributed by atoms with Crippen molar-refractivity contribution in [2.75, 3.05) is 13.7 Å². The number of fused-ring (bicyclic) bond motifs is 3. The van der Waals surface area contributed by atoms with Crippen LogP contribution in [0.25, 0.3) is 0 Å². The van der Waals surface area contributed by atoms with Crippen molar-refractivity contribution < 1.29 is 4.74 Å². The van der Waals surface area contributed by atoms with Gasteiger partial charge in [0.05, 0.1) is 12.7 Å². The minimum absolute atomic E-state index is 0.323. The van der Waals surface area contributed by atoms with Crippen molar-refractivity contribution in [1.82, 2.24) is 5.32 Å². The zero-order valence-corrected chi connectivity index (χ0v) is 12.2. The van der Waals surface area contributed by atoms with Crippen LogP contribution in [-0.2, 0) is 11.2 Å². The smallest absolute Gasteiger partial charge is 0.0626 e. The van der Waals surface area contributed by atoms with Crippen molar-refractivity contribution in [2.45, 2.75) is 44.8 Å². The van der Waals surface area contributed by atoms with Gasteiger partial charge in [0.2, 0.25) is 0 Å². The first-order chi connectivity index (χ1) is 9.22. The van der Waals surface area contributed by atoms with E-state index in [1.54, 1.807) is 11.1 Å². The molecular formula is C17H25NO. The Labute approximate surface area is 116 Å². The Bertz CT molecular complexity index is 443. The molecule has 0 spiro atoms. The molecule has 4 atom stereocenters. The molecule has 104 valence electrons. The molecule has 0 heterocycles. The molecule has 0 radical (unpaired) electrons. The summed E-state index contributed by atoms with van der Waals surface area (Å²) in [5, 5.41) is 3.48. The lowest BCUT2D eigenvalue weighted by Gasteiger charge is -2.18. The van der Waals surface area contributed by atoms with Gasteiger partial charge in [-0.15, -0.1) is 0 Å². The fourth-order valence-corrected chi connectivity index (χ4v) is 3.85. The predicted molar refractivity (Wildman–Crippen MR) is 78.4 cm³/mol. The van der Waals surface area contributed by atoms with E-state index in [2.05, 4.69) is 50.5 Å². The number of hydrogen-bond acceptors (Lipinski definition) is 2. The molecule has 1 aromatic rings. The average Bonchev–Trinajstić information content (AvgIpc) is 3.14. The van der Waals surface area contributed by atoms with Crippen LogP contribution in [0.5, 0.6) is 0 Å². The molecule has 0 saturated heterocycles. The Balaban J connectivity index is 1.72. The highest BCUT2D eigenvalue weighted by Crippen LogP contribution is 2.61. The van der Waals surface area contributed by atoms with Crippen molar-refractivity contribution in [3.05, 3.63) is 35.4 Å². The topological polar surface area (TPSA) is 21.3 Å². The third-order valence-corrected chi connectivity index (χ3v) is 4.84. The minimum Gasteiger partial charge on any atom is -0.377 e. The Kier molecular flexibility index (Phi) is 3.64. The molecule has 19 heavy (non-hydrogen) atoms. The van der Waals surface area contributed by atoms with E-state index in [4.69, 9.17) is 4.74 Å². The van der Waals surface area contributed by atoms with E-state index in [0.29, 0.717) is 12.1 Å². The van der Waals surface area contributed by atoms with Gasteiger partial charge in [-0.1, -0.05) is 24.3 Å². The number of rotatable bonds is 5. The lowest BCUT2D eigenvalue weighted by atomic mass is 9.92. The quantitative estimate of drug-likeness (QED) is 0.878. The molecule has 1 fully saturated rings. The second-order valence-electron chi connectivity index (χ2n) is 6.28. The molecular weight excluding hydrogens is 234 g/mol. The molecule has 0 bridgehead atoms. The summed E-state index contributed by atoms with van der Waals surface area (Å²) in [6, 6.07) is 9.51. The highest BCUT2D eigenvalue weighted by atomic mass is 16.5. The zero-order chi connectivity index (χ0) is 13.4. The van der Waals surface area contributed by atoms with Gasteiger partial charge in [0.25, 0.3) is 0 Å². The van der Waals surface area contributed by atoms with Crippen LogP contribution < -0.4 is 5.32 Å². The van der Waals surface area contributed by atoms with Crippen molar-refractivity contribution >= 4 is 0 Å². The number of aryl methyl sites for hydroxylation is 1. The summed E-state index contributed by atoms with van der Waals surface area (Å²) in [6.07, 6.45) is 2.94. The van der Waals surface area contributed by atoms with Gasteiger partial charge in [-0.2, -0.15) is 0 Å². The SMILES string of the molecule is CNC(COC(C)C)C1C2CCc3ccccc3C21. The molecule has 2 aliphatic rings. The zero-order valence-electron chi connectivity index (χ0n) is 12.2. The van der Waals surface area contributed by atoms with Crippen LogP contribution >= 0.6 is 0 Å². The molecule has 2 nitrogen and oxygen atoms in total.